The monoisotopic (exact) mass is 344 g/mol. The number of carbonyl (C=O) groups is 1. The number of ether oxygens (including phenoxy) is 1. The van der Waals surface area contributed by atoms with Crippen molar-refractivity contribution in [2.45, 2.75) is 6.54 Å². The predicted molar refractivity (Wildman–Crippen MR) is 91.2 cm³/mol. The van der Waals surface area contributed by atoms with Gasteiger partial charge in [0.1, 0.15) is 12.4 Å². The topological polar surface area (TPSA) is 117 Å². The fraction of sp³-hybridized carbons (Fsp3) is 0.250. The first-order valence-electron chi connectivity index (χ1n) is 7.62. The highest BCUT2D eigenvalue weighted by Crippen LogP contribution is 2.24. The fourth-order valence-corrected chi connectivity index (χ4v) is 2.51. The summed E-state index contributed by atoms with van der Waals surface area (Å²) in [6, 6.07) is 4.86. The van der Waals surface area contributed by atoms with Crippen LogP contribution in [0.1, 0.15) is 11.1 Å². The van der Waals surface area contributed by atoms with E-state index < -0.39 is 5.82 Å². The van der Waals surface area contributed by atoms with E-state index in [1.54, 1.807) is 18.2 Å². The van der Waals surface area contributed by atoms with Gasteiger partial charge >= 0.3 is 0 Å². The molecular formula is C16H17FN6O2. The minimum Gasteiger partial charge on any atom is -0.370 e. The zero-order chi connectivity index (χ0) is 17.8. The summed E-state index contributed by atoms with van der Waals surface area (Å²) in [7, 11) is 0. The normalized spacial score (nSPS) is 14.4. The van der Waals surface area contributed by atoms with Crippen LogP contribution < -0.4 is 16.0 Å². The Labute approximate surface area is 143 Å². The molecular weight excluding hydrogens is 327 g/mol. The van der Waals surface area contributed by atoms with Crippen LogP contribution in [0, 0.1) is 11.2 Å². The fourth-order valence-electron chi connectivity index (χ4n) is 2.51. The van der Waals surface area contributed by atoms with Crippen LogP contribution >= 0.6 is 0 Å². The Balaban J connectivity index is 1.82. The molecule has 0 saturated carbocycles. The predicted octanol–water partition coefficient (Wildman–Crippen LogP) is 1.17. The van der Waals surface area contributed by atoms with Gasteiger partial charge in [-0.05, 0) is 6.07 Å². The van der Waals surface area contributed by atoms with Gasteiger partial charge in [-0.15, -0.1) is 0 Å². The first-order valence-corrected chi connectivity index (χ1v) is 7.62. The molecule has 1 fully saturated rings. The van der Waals surface area contributed by atoms with Gasteiger partial charge in [0.2, 0.25) is 5.95 Å². The minimum atomic E-state index is -0.483. The Hall–Kier alpha value is -3.07. The lowest BCUT2D eigenvalue weighted by molar-refractivity contribution is -0.125. The highest BCUT2D eigenvalue weighted by atomic mass is 19.1. The Kier molecular flexibility index (Phi) is 4.85. The highest BCUT2D eigenvalue weighted by Gasteiger charge is 2.23. The lowest BCUT2D eigenvalue weighted by Gasteiger charge is -2.27. The van der Waals surface area contributed by atoms with E-state index in [0.29, 0.717) is 30.1 Å². The van der Waals surface area contributed by atoms with Crippen molar-refractivity contribution >= 4 is 29.6 Å². The minimum absolute atomic E-state index is 0.0508. The number of carbonyl (C=O) groups excluding carboxylic acids is 1. The molecule has 1 aliphatic heterocycles. The molecule has 9 heteroatoms. The summed E-state index contributed by atoms with van der Waals surface area (Å²) in [4.78, 5) is 21.1. The van der Waals surface area contributed by atoms with Crippen molar-refractivity contribution in [3.05, 3.63) is 41.3 Å². The van der Waals surface area contributed by atoms with E-state index in [1.165, 1.54) is 11.1 Å². The number of benzene rings is 1. The average Bonchev–Trinajstić information content (AvgIpc) is 2.62. The average molecular weight is 344 g/mol. The van der Waals surface area contributed by atoms with Crippen LogP contribution in [0.25, 0.3) is 0 Å². The van der Waals surface area contributed by atoms with Gasteiger partial charge in [-0.25, -0.2) is 9.37 Å². The smallest absolute Gasteiger partial charge is 0.253 e. The van der Waals surface area contributed by atoms with Gasteiger partial charge in [0.15, 0.2) is 5.82 Å². The molecule has 1 saturated heterocycles. The molecule has 8 nitrogen and oxygen atoms in total. The van der Waals surface area contributed by atoms with Crippen molar-refractivity contribution in [3.63, 3.8) is 0 Å². The SMILES string of the molecule is N=Cc1cnc(N)nc1NCc1cccc(N2CCOCC2=O)c1F. The molecule has 0 atom stereocenters. The quantitative estimate of drug-likeness (QED) is 0.701. The summed E-state index contributed by atoms with van der Waals surface area (Å²) in [5.41, 5.74) is 6.58. The maximum absolute atomic E-state index is 14.8. The number of aromatic nitrogens is 2. The van der Waals surface area contributed by atoms with E-state index in [4.69, 9.17) is 15.9 Å². The van der Waals surface area contributed by atoms with Crippen LogP contribution in [-0.2, 0) is 16.1 Å². The third-order valence-electron chi connectivity index (χ3n) is 3.77. The van der Waals surface area contributed by atoms with E-state index in [9.17, 15) is 9.18 Å². The number of morpholine rings is 1. The summed E-state index contributed by atoms with van der Waals surface area (Å²) < 4.78 is 19.9. The number of nitrogen functional groups attached to an aromatic ring is 1. The van der Waals surface area contributed by atoms with Crippen molar-refractivity contribution in [1.82, 2.24) is 9.97 Å². The second-order valence-corrected chi connectivity index (χ2v) is 5.38. The molecule has 1 amide bonds. The summed E-state index contributed by atoms with van der Waals surface area (Å²) in [6.45, 7) is 0.754. The number of nitrogens with zero attached hydrogens (tertiary/aromatic N) is 3. The molecule has 1 aromatic carbocycles. The number of rotatable bonds is 5. The van der Waals surface area contributed by atoms with Crippen molar-refractivity contribution in [2.24, 2.45) is 0 Å². The van der Waals surface area contributed by atoms with Crippen molar-refractivity contribution < 1.29 is 13.9 Å². The summed E-state index contributed by atoms with van der Waals surface area (Å²) >= 11 is 0. The standard InChI is InChI=1S/C16H17FN6O2/c17-14-10(7-20-15-11(6-18)8-21-16(19)22-15)2-1-3-12(14)23-4-5-25-9-13(23)24/h1-3,6,8,18H,4-5,7,9H2,(H3,19,20,21,22). The molecule has 0 bridgehead atoms. The number of amides is 1. The second-order valence-electron chi connectivity index (χ2n) is 5.38. The van der Waals surface area contributed by atoms with Gasteiger partial charge in [0.05, 0.1) is 17.9 Å². The van der Waals surface area contributed by atoms with Crippen LogP contribution in [0.15, 0.2) is 24.4 Å². The molecule has 0 unspecified atom stereocenters. The second kappa shape index (κ2) is 7.22. The van der Waals surface area contributed by atoms with E-state index in [1.807, 2.05) is 0 Å². The molecule has 130 valence electrons. The molecule has 1 aromatic heterocycles. The number of hydrogen-bond acceptors (Lipinski definition) is 7. The molecule has 0 aliphatic carbocycles. The molecule has 3 rings (SSSR count). The third kappa shape index (κ3) is 3.56. The molecule has 0 radical (unpaired) electrons. The maximum Gasteiger partial charge on any atom is 0.253 e. The molecule has 2 aromatic rings. The van der Waals surface area contributed by atoms with Crippen molar-refractivity contribution in [3.8, 4) is 0 Å². The number of nitrogens with one attached hydrogen (secondary N) is 2. The lowest BCUT2D eigenvalue weighted by Crippen LogP contribution is -2.42. The number of nitrogens with two attached hydrogens (primary N) is 1. The van der Waals surface area contributed by atoms with Crippen molar-refractivity contribution in [2.75, 3.05) is 35.7 Å². The van der Waals surface area contributed by atoms with Crippen LogP contribution in [0.2, 0.25) is 0 Å². The molecule has 0 spiro atoms. The van der Waals surface area contributed by atoms with E-state index >= 15 is 0 Å². The van der Waals surface area contributed by atoms with Crippen molar-refractivity contribution in [1.29, 1.82) is 5.41 Å². The Morgan fingerprint density at radius 3 is 3.08 bits per heavy atom. The summed E-state index contributed by atoms with van der Waals surface area (Å²) in [5.74, 6) is -0.357. The zero-order valence-corrected chi connectivity index (χ0v) is 13.3. The molecule has 1 aliphatic rings. The largest absolute Gasteiger partial charge is 0.370 e. The van der Waals surface area contributed by atoms with E-state index in [0.717, 1.165) is 6.21 Å². The number of hydrogen-bond donors (Lipinski definition) is 3. The van der Waals surface area contributed by atoms with Gasteiger partial charge in [-0.1, -0.05) is 12.1 Å². The van der Waals surface area contributed by atoms with Gasteiger partial charge in [-0.3, -0.25) is 4.79 Å². The van der Waals surface area contributed by atoms with E-state index in [2.05, 4.69) is 15.3 Å². The van der Waals surface area contributed by atoms with Crippen LogP contribution in [0.4, 0.5) is 21.8 Å². The van der Waals surface area contributed by atoms with Gasteiger partial charge < -0.3 is 26.1 Å². The molecule has 4 N–H and O–H groups in total. The van der Waals surface area contributed by atoms with Gasteiger partial charge in [0.25, 0.3) is 5.91 Å². The highest BCUT2D eigenvalue weighted by molar-refractivity contribution is 5.95. The van der Waals surface area contributed by atoms with Crippen LogP contribution in [0.5, 0.6) is 0 Å². The third-order valence-corrected chi connectivity index (χ3v) is 3.77. The number of anilines is 3. The Morgan fingerprint density at radius 1 is 1.48 bits per heavy atom. The Morgan fingerprint density at radius 2 is 2.32 bits per heavy atom. The van der Waals surface area contributed by atoms with E-state index in [-0.39, 0.29) is 30.7 Å². The first-order chi connectivity index (χ1) is 12.1. The lowest BCUT2D eigenvalue weighted by atomic mass is 10.1. The van der Waals surface area contributed by atoms with Gasteiger partial charge in [-0.2, -0.15) is 4.98 Å². The molecule has 2 heterocycles. The zero-order valence-electron chi connectivity index (χ0n) is 13.3. The van der Waals surface area contributed by atoms with Gasteiger partial charge in [0, 0.05) is 31.1 Å². The summed E-state index contributed by atoms with van der Waals surface area (Å²) in [5, 5.41) is 10.3. The summed E-state index contributed by atoms with van der Waals surface area (Å²) in [6.07, 6.45) is 2.50. The Bertz CT molecular complexity index is 813. The van der Waals surface area contributed by atoms with Crippen LogP contribution in [0.3, 0.4) is 0 Å². The maximum atomic E-state index is 14.8. The number of halogens is 1. The first kappa shape index (κ1) is 16.8. The van der Waals surface area contributed by atoms with Crippen LogP contribution in [-0.4, -0.2) is 41.8 Å². The molecule has 25 heavy (non-hydrogen) atoms.